The average molecular weight is 319 g/mol. The number of benzene rings is 1. The molecule has 3 N–H and O–H groups in total. The van der Waals surface area contributed by atoms with Crippen LogP contribution in [0.3, 0.4) is 0 Å². The van der Waals surface area contributed by atoms with E-state index in [1.807, 2.05) is 12.1 Å². The maximum Gasteiger partial charge on any atom is 0.238 e. The van der Waals surface area contributed by atoms with Crippen LogP contribution in [0.5, 0.6) is 0 Å². The Bertz CT molecular complexity index is 554. The zero-order valence-corrected chi connectivity index (χ0v) is 13.9. The lowest BCUT2D eigenvalue weighted by molar-refractivity contribution is -0.123. The van der Waals surface area contributed by atoms with Crippen LogP contribution in [0.1, 0.15) is 45.1 Å². The lowest BCUT2D eigenvalue weighted by Gasteiger charge is -2.18. The van der Waals surface area contributed by atoms with Crippen LogP contribution >= 0.6 is 0 Å². The molecule has 1 heterocycles. The Kier molecular flexibility index (Phi) is 4.69. The third-order valence-electron chi connectivity index (χ3n) is 4.97. The number of nitrogens with one attached hydrogen (secondary N) is 3. The summed E-state index contributed by atoms with van der Waals surface area (Å²) in [6.45, 7) is 5.01. The minimum absolute atomic E-state index is 0.00667. The lowest BCUT2D eigenvalue weighted by Crippen LogP contribution is -2.45. The molecule has 1 aliphatic carbocycles. The average Bonchev–Trinajstić information content (AvgIpc) is 3.17. The standard InChI is InChI=1S/C18H26FN3O/c1-12(2)9-15-10-16(22-21-15)17(23)20-11-18(7-8-18)13-3-5-14(19)6-4-13/h3-6,12,15-16,21-22H,7-11H2,1-2H3,(H,20,23). The SMILES string of the molecule is CC(C)CC1CC(C(=O)NCC2(c3ccc(F)cc3)CC2)NN1. The highest BCUT2D eigenvalue weighted by Gasteiger charge is 2.44. The predicted molar refractivity (Wildman–Crippen MR) is 88.2 cm³/mol. The van der Waals surface area contributed by atoms with E-state index in [0.29, 0.717) is 18.5 Å². The number of amides is 1. The molecule has 23 heavy (non-hydrogen) atoms. The number of carbonyl (C=O) groups is 1. The molecule has 5 heteroatoms. The molecule has 4 nitrogen and oxygen atoms in total. The molecule has 1 amide bonds. The molecular weight excluding hydrogens is 293 g/mol. The van der Waals surface area contributed by atoms with Crippen LogP contribution in [-0.2, 0) is 10.2 Å². The minimum Gasteiger partial charge on any atom is -0.354 e. The zero-order valence-electron chi connectivity index (χ0n) is 13.9. The van der Waals surface area contributed by atoms with E-state index >= 15 is 0 Å². The summed E-state index contributed by atoms with van der Waals surface area (Å²) in [5.41, 5.74) is 7.45. The summed E-state index contributed by atoms with van der Waals surface area (Å²) in [6.07, 6.45) is 3.99. The Balaban J connectivity index is 1.50. The van der Waals surface area contributed by atoms with Gasteiger partial charge in [0.1, 0.15) is 11.9 Å². The molecular formula is C18H26FN3O. The van der Waals surface area contributed by atoms with Crippen LogP contribution < -0.4 is 16.2 Å². The van der Waals surface area contributed by atoms with Gasteiger partial charge in [-0.1, -0.05) is 26.0 Å². The molecule has 1 aromatic carbocycles. The number of carbonyl (C=O) groups excluding carboxylic acids is 1. The van der Waals surface area contributed by atoms with Gasteiger partial charge in [0.05, 0.1) is 0 Å². The number of hydrogen-bond donors (Lipinski definition) is 3. The summed E-state index contributed by atoms with van der Waals surface area (Å²) in [5.74, 6) is 0.451. The van der Waals surface area contributed by atoms with Crippen molar-refractivity contribution in [1.29, 1.82) is 0 Å². The van der Waals surface area contributed by atoms with Crippen molar-refractivity contribution in [3.63, 3.8) is 0 Å². The van der Waals surface area contributed by atoms with Gasteiger partial charge in [-0.15, -0.1) is 0 Å². The molecule has 2 fully saturated rings. The maximum absolute atomic E-state index is 13.1. The van der Waals surface area contributed by atoms with Crippen LogP contribution in [0.4, 0.5) is 4.39 Å². The molecule has 1 aliphatic heterocycles. The summed E-state index contributed by atoms with van der Waals surface area (Å²) in [7, 11) is 0. The van der Waals surface area contributed by atoms with Gasteiger partial charge in [0.2, 0.25) is 5.91 Å². The fourth-order valence-electron chi connectivity index (χ4n) is 3.42. The molecule has 0 aromatic heterocycles. The van der Waals surface area contributed by atoms with Crippen molar-refractivity contribution in [3.8, 4) is 0 Å². The Morgan fingerprint density at radius 3 is 2.61 bits per heavy atom. The first-order valence-electron chi connectivity index (χ1n) is 8.53. The molecule has 0 radical (unpaired) electrons. The smallest absolute Gasteiger partial charge is 0.238 e. The molecule has 0 spiro atoms. The molecule has 126 valence electrons. The van der Waals surface area contributed by atoms with Crippen LogP contribution in [-0.4, -0.2) is 24.5 Å². The van der Waals surface area contributed by atoms with E-state index in [2.05, 4.69) is 30.0 Å². The highest BCUT2D eigenvalue weighted by molar-refractivity contribution is 5.82. The molecule has 0 bridgehead atoms. The van der Waals surface area contributed by atoms with Gasteiger partial charge < -0.3 is 5.32 Å². The van der Waals surface area contributed by atoms with Gasteiger partial charge in [-0.05, 0) is 49.3 Å². The van der Waals surface area contributed by atoms with Crippen molar-refractivity contribution < 1.29 is 9.18 Å². The van der Waals surface area contributed by atoms with Crippen LogP contribution in [0.25, 0.3) is 0 Å². The number of halogens is 1. The van der Waals surface area contributed by atoms with Gasteiger partial charge in [0.25, 0.3) is 0 Å². The quantitative estimate of drug-likeness (QED) is 0.754. The van der Waals surface area contributed by atoms with Crippen LogP contribution in [0.15, 0.2) is 24.3 Å². The summed E-state index contributed by atoms with van der Waals surface area (Å²) in [5, 5.41) is 3.08. The van der Waals surface area contributed by atoms with Gasteiger partial charge >= 0.3 is 0 Å². The van der Waals surface area contributed by atoms with E-state index in [1.54, 1.807) is 0 Å². The summed E-state index contributed by atoms with van der Waals surface area (Å²) in [4.78, 5) is 12.4. The second kappa shape index (κ2) is 6.57. The Morgan fingerprint density at radius 2 is 2.00 bits per heavy atom. The molecule has 2 atom stereocenters. The highest BCUT2D eigenvalue weighted by Crippen LogP contribution is 2.47. The lowest BCUT2D eigenvalue weighted by atomic mass is 9.95. The summed E-state index contributed by atoms with van der Waals surface area (Å²) in [6, 6.07) is 6.86. The second-order valence-electron chi connectivity index (χ2n) is 7.41. The van der Waals surface area contributed by atoms with E-state index < -0.39 is 0 Å². The van der Waals surface area contributed by atoms with E-state index in [0.717, 1.165) is 31.2 Å². The van der Waals surface area contributed by atoms with Gasteiger partial charge in [0, 0.05) is 18.0 Å². The monoisotopic (exact) mass is 319 g/mol. The van der Waals surface area contributed by atoms with E-state index in [9.17, 15) is 9.18 Å². The third-order valence-corrected chi connectivity index (χ3v) is 4.97. The molecule has 1 saturated carbocycles. The van der Waals surface area contributed by atoms with Crippen LogP contribution in [0, 0.1) is 11.7 Å². The van der Waals surface area contributed by atoms with Crippen molar-refractivity contribution in [1.82, 2.24) is 16.2 Å². The van der Waals surface area contributed by atoms with Crippen molar-refractivity contribution in [3.05, 3.63) is 35.6 Å². The van der Waals surface area contributed by atoms with Gasteiger partial charge in [-0.2, -0.15) is 0 Å². The number of rotatable bonds is 6. The first-order chi connectivity index (χ1) is 11.0. The number of hydrogen-bond acceptors (Lipinski definition) is 3. The molecule has 2 unspecified atom stereocenters. The molecule has 3 rings (SSSR count). The van der Waals surface area contributed by atoms with E-state index in [1.165, 1.54) is 12.1 Å². The second-order valence-corrected chi connectivity index (χ2v) is 7.41. The molecule has 1 aromatic rings. The largest absolute Gasteiger partial charge is 0.354 e. The van der Waals surface area contributed by atoms with Crippen molar-refractivity contribution in [2.45, 2.75) is 57.0 Å². The third kappa shape index (κ3) is 3.90. The van der Waals surface area contributed by atoms with E-state index in [4.69, 9.17) is 0 Å². The molecule has 2 aliphatic rings. The first-order valence-corrected chi connectivity index (χ1v) is 8.53. The minimum atomic E-state index is -0.217. The predicted octanol–water partition coefficient (Wildman–Crippen LogP) is 2.25. The van der Waals surface area contributed by atoms with Gasteiger partial charge in [-0.25, -0.2) is 9.82 Å². The molecule has 1 saturated heterocycles. The van der Waals surface area contributed by atoms with Crippen LogP contribution in [0.2, 0.25) is 0 Å². The van der Waals surface area contributed by atoms with E-state index in [-0.39, 0.29) is 23.2 Å². The Labute approximate surface area is 137 Å². The van der Waals surface area contributed by atoms with Crippen molar-refractivity contribution in [2.75, 3.05) is 6.54 Å². The fourth-order valence-corrected chi connectivity index (χ4v) is 3.42. The van der Waals surface area contributed by atoms with Gasteiger partial charge in [0.15, 0.2) is 0 Å². The van der Waals surface area contributed by atoms with Crippen molar-refractivity contribution >= 4 is 5.91 Å². The first kappa shape index (κ1) is 16.4. The topological polar surface area (TPSA) is 53.2 Å². The Morgan fingerprint density at radius 1 is 1.30 bits per heavy atom. The van der Waals surface area contributed by atoms with Gasteiger partial charge in [-0.3, -0.25) is 10.2 Å². The summed E-state index contributed by atoms with van der Waals surface area (Å²) < 4.78 is 13.1. The fraction of sp³-hybridized carbons (Fsp3) is 0.611. The normalized spacial score (nSPS) is 25.6. The maximum atomic E-state index is 13.1. The summed E-state index contributed by atoms with van der Waals surface area (Å²) >= 11 is 0. The van der Waals surface area contributed by atoms with Crippen molar-refractivity contribution in [2.24, 2.45) is 5.92 Å². The zero-order chi connectivity index (χ0) is 16.4. The number of hydrazine groups is 1. The highest BCUT2D eigenvalue weighted by atomic mass is 19.1. The Hall–Kier alpha value is -1.46.